The Morgan fingerprint density at radius 2 is 2.12 bits per heavy atom. The number of amides is 1. The highest BCUT2D eigenvalue weighted by molar-refractivity contribution is 5.76. The summed E-state index contributed by atoms with van der Waals surface area (Å²) in [6, 6.07) is 0.428. The highest BCUT2D eigenvalue weighted by Gasteiger charge is 2.27. The summed E-state index contributed by atoms with van der Waals surface area (Å²) in [5, 5.41) is 0. The lowest BCUT2D eigenvalue weighted by atomic mass is 9.94. The van der Waals surface area contributed by atoms with E-state index in [1.807, 2.05) is 0 Å². The van der Waals surface area contributed by atoms with E-state index in [-0.39, 0.29) is 11.8 Å². The van der Waals surface area contributed by atoms with Crippen LogP contribution in [0.15, 0.2) is 0 Å². The van der Waals surface area contributed by atoms with E-state index in [0.717, 1.165) is 51.9 Å². The number of ether oxygens (including phenoxy) is 1. The topological polar surface area (TPSA) is 81.6 Å². The summed E-state index contributed by atoms with van der Waals surface area (Å²) in [4.78, 5) is 13.5. The Morgan fingerprint density at radius 3 is 2.59 bits per heavy atom. The zero-order valence-electron chi connectivity index (χ0n) is 10.7. The Morgan fingerprint density at radius 1 is 1.47 bits per heavy atom. The smallest absolute Gasteiger partial charge is 0.220 e. The second-order valence-corrected chi connectivity index (χ2v) is 4.75. The van der Waals surface area contributed by atoms with Crippen LogP contribution in [0.25, 0.3) is 0 Å². The number of hydrogen-bond donors (Lipinski definition) is 2. The quantitative estimate of drug-likeness (QED) is 0.656. The van der Waals surface area contributed by atoms with Crippen LogP contribution in [0.3, 0.4) is 0 Å². The summed E-state index contributed by atoms with van der Waals surface area (Å²) in [6.45, 7) is 3.33. The number of likely N-dealkylation sites (tertiary alicyclic amines) is 1. The lowest BCUT2D eigenvalue weighted by Crippen LogP contribution is -2.45. The number of carbonyl (C=O) groups is 1. The molecule has 0 spiro atoms. The van der Waals surface area contributed by atoms with E-state index in [4.69, 9.17) is 16.2 Å². The third-order valence-electron chi connectivity index (χ3n) is 3.55. The van der Waals surface area contributed by atoms with Gasteiger partial charge < -0.3 is 16.2 Å². The van der Waals surface area contributed by atoms with Crippen molar-refractivity contribution in [2.45, 2.75) is 31.7 Å². The van der Waals surface area contributed by atoms with Gasteiger partial charge in [0.05, 0.1) is 6.61 Å². The van der Waals surface area contributed by atoms with Gasteiger partial charge >= 0.3 is 0 Å². The summed E-state index contributed by atoms with van der Waals surface area (Å²) in [7, 11) is 1.73. The fourth-order valence-electron chi connectivity index (χ4n) is 2.47. The molecule has 1 unspecified atom stereocenters. The summed E-state index contributed by atoms with van der Waals surface area (Å²) in [5.41, 5.74) is 10.9. The average molecular weight is 243 g/mol. The molecule has 100 valence electrons. The zero-order chi connectivity index (χ0) is 12.7. The summed E-state index contributed by atoms with van der Waals surface area (Å²) >= 11 is 0. The number of rotatable bonds is 7. The number of nitrogens with two attached hydrogens (primary N) is 2. The Bertz CT molecular complexity index is 228. The highest BCUT2D eigenvalue weighted by atomic mass is 16.5. The molecule has 1 rings (SSSR count). The van der Waals surface area contributed by atoms with Crippen LogP contribution in [-0.4, -0.2) is 50.2 Å². The first-order chi connectivity index (χ1) is 8.19. The maximum atomic E-state index is 11.1. The van der Waals surface area contributed by atoms with Crippen molar-refractivity contribution in [2.75, 3.05) is 33.4 Å². The fourth-order valence-corrected chi connectivity index (χ4v) is 2.47. The Kier molecular flexibility index (Phi) is 6.47. The molecule has 1 fully saturated rings. The molecule has 0 bridgehead atoms. The minimum atomic E-state index is -0.158. The number of methoxy groups -OCH3 is 1. The van der Waals surface area contributed by atoms with Gasteiger partial charge in [-0.05, 0) is 45.3 Å². The Labute approximate surface area is 103 Å². The van der Waals surface area contributed by atoms with Crippen molar-refractivity contribution < 1.29 is 9.53 Å². The Balaban J connectivity index is 2.39. The molecule has 17 heavy (non-hydrogen) atoms. The summed E-state index contributed by atoms with van der Waals surface area (Å²) in [5.74, 6) is -0.0983. The van der Waals surface area contributed by atoms with Gasteiger partial charge in [0.25, 0.3) is 0 Å². The number of piperidine rings is 1. The van der Waals surface area contributed by atoms with Gasteiger partial charge in [-0.1, -0.05) is 0 Å². The van der Waals surface area contributed by atoms with Crippen LogP contribution in [-0.2, 0) is 9.53 Å². The van der Waals surface area contributed by atoms with E-state index in [0.29, 0.717) is 6.04 Å². The average Bonchev–Trinajstić information content (AvgIpc) is 2.34. The molecule has 1 heterocycles. The fraction of sp³-hybridized carbons (Fsp3) is 0.917. The zero-order valence-corrected chi connectivity index (χ0v) is 10.7. The molecule has 1 aliphatic rings. The second kappa shape index (κ2) is 7.63. The minimum Gasteiger partial charge on any atom is -0.383 e. The van der Waals surface area contributed by atoms with Crippen molar-refractivity contribution in [2.24, 2.45) is 17.4 Å². The lowest BCUT2D eigenvalue weighted by molar-refractivity contribution is -0.123. The highest BCUT2D eigenvalue weighted by Crippen LogP contribution is 2.20. The van der Waals surface area contributed by atoms with Crippen LogP contribution < -0.4 is 11.5 Å². The van der Waals surface area contributed by atoms with Crippen LogP contribution >= 0.6 is 0 Å². The first-order valence-corrected chi connectivity index (χ1v) is 6.41. The predicted octanol–water partition coefficient (Wildman–Crippen LogP) is -0.0624. The van der Waals surface area contributed by atoms with E-state index >= 15 is 0 Å². The number of hydrogen-bond acceptors (Lipinski definition) is 4. The lowest BCUT2D eigenvalue weighted by Gasteiger charge is -2.36. The molecule has 0 aliphatic carbocycles. The van der Waals surface area contributed by atoms with Crippen LogP contribution in [0.4, 0.5) is 0 Å². The monoisotopic (exact) mass is 243 g/mol. The molecule has 1 amide bonds. The van der Waals surface area contributed by atoms with Crippen LogP contribution in [0.1, 0.15) is 25.7 Å². The first kappa shape index (κ1) is 14.4. The molecule has 1 aliphatic heterocycles. The second-order valence-electron chi connectivity index (χ2n) is 4.75. The van der Waals surface area contributed by atoms with Crippen LogP contribution in [0.2, 0.25) is 0 Å². The van der Waals surface area contributed by atoms with Crippen molar-refractivity contribution >= 4 is 5.91 Å². The molecule has 0 aromatic rings. The van der Waals surface area contributed by atoms with Gasteiger partial charge in [-0.2, -0.15) is 0 Å². The first-order valence-electron chi connectivity index (χ1n) is 6.41. The van der Waals surface area contributed by atoms with Gasteiger partial charge in [-0.3, -0.25) is 9.69 Å². The number of nitrogens with zero attached hydrogens (tertiary/aromatic N) is 1. The summed E-state index contributed by atoms with van der Waals surface area (Å²) in [6.07, 6.45) is 3.83. The van der Waals surface area contributed by atoms with Crippen molar-refractivity contribution in [1.29, 1.82) is 0 Å². The van der Waals surface area contributed by atoms with Crippen molar-refractivity contribution in [1.82, 2.24) is 4.90 Å². The van der Waals surface area contributed by atoms with E-state index in [1.54, 1.807) is 7.11 Å². The molecule has 1 atom stereocenters. The predicted molar refractivity (Wildman–Crippen MR) is 67.4 cm³/mol. The van der Waals surface area contributed by atoms with Crippen molar-refractivity contribution in [3.8, 4) is 0 Å². The van der Waals surface area contributed by atoms with Crippen LogP contribution in [0.5, 0.6) is 0 Å². The van der Waals surface area contributed by atoms with Gasteiger partial charge in [0.15, 0.2) is 0 Å². The van der Waals surface area contributed by atoms with Gasteiger partial charge in [0, 0.05) is 19.1 Å². The third kappa shape index (κ3) is 4.61. The number of carbonyl (C=O) groups excluding carboxylic acids is 1. The molecule has 0 radical (unpaired) electrons. The molecule has 0 saturated carbocycles. The minimum absolute atomic E-state index is 0.0592. The van der Waals surface area contributed by atoms with Gasteiger partial charge in [0.1, 0.15) is 0 Å². The van der Waals surface area contributed by atoms with E-state index in [2.05, 4.69) is 4.90 Å². The maximum Gasteiger partial charge on any atom is 0.220 e. The third-order valence-corrected chi connectivity index (χ3v) is 3.55. The summed E-state index contributed by atoms with van der Waals surface area (Å²) < 4.78 is 5.25. The molecule has 4 N–H and O–H groups in total. The number of primary amides is 1. The maximum absolute atomic E-state index is 11.1. The molecule has 0 aromatic heterocycles. The molecule has 0 aromatic carbocycles. The Hall–Kier alpha value is -0.650. The van der Waals surface area contributed by atoms with Gasteiger partial charge in [-0.25, -0.2) is 0 Å². The normalized spacial score (nSPS) is 20.4. The van der Waals surface area contributed by atoms with E-state index in [1.165, 1.54) is 0 Å². The van der Waals surface area contributed by atoms with Gasteiger partial charge in [-0.15, -0.1) is 0 Å². The van der Waals surface area contributed by atoms with E-state index in [9.17, 15) is 4.79 Å². The van der Waals surface area contributed by atoms with E-state index < -0.39 is 0 Å². The molecule has 5 heteroatoms. The van der Waals surface area contributed by atoms with Crippen LogP contribution in [0, 0.1) is 5.92 Å². The largest absolute Gasteiger partial charge is 0.383 e. The van der Waals surface area contributed by atoms with Gasteiger partial charge in [0.2, 0.25) is 5.91 Å². The van der Waals surface area contributed by atoms with Crippen molar-refractivity contribution in [3.05, 3.63) is 0 Å². The molecular weight excluding hydrogens is 218 g/mol. The molecule has 5 nitrogen and oxygen atoms in total. The molecular formula is C12H25N3O2. The molecule has 1 saturated heterocycles. The van der Waals surface area contributed by atoms with Crippen molar-refractivity contribution in [3.63, 3.8) is 0 Å². The SMILES string of the molecule is COCC(CCCN)N1CCC(C(N)=O)CC1. The standard InChI is InChI=1S/C12H25N3O2/c1-17-9-11(3-2-6-13)15-7-4-10(5-8-15)12(14)16/h10-11H,2-9,13H2,1H3,(H2,14,16).